The molecule has 1 aromatic heterocycles. The first-order valence-corrected chi connectivity index (χ1v) is 10.4. The normalized spacial score (nSPS) is 11.2. The number of hydrogen-bond donors (Lipinski definition) is 2. The molecule has 1 amide bonds. The molecule has 0 saturated heterocycles. The summed E-state index contributed by atoms with van der Waals surface area (Å²) >= 11 is 0. The topological polar surface area (TPSA) is 88.3 Å². The number of rotatable bonds is 7. The number of H-pyrrole nitrogens is 1. The van der Waals surface area contributed by atoms with Crippen LogP contribution in [-0.2, 0) is 14.3 Å². The summed E-state index contributed by atoms with van der Waals surface area (Å²) in [4.78, 5) is 40.8. The quantitative estimate of drug-likeness (QED) is 0.248. The maximum atomic E-state index is 13.2. The van der Waals surface area contributed by atoms with Crippen LogP contribution in [0.25, 0.3) is 28.2 Å². The van der Waals surface area contributed by atoms with Crippen LogP contribution in [0.2, 0.25) is 0 Å². The molecule has 0 spiro atoms. The number of carbonyl (C=O) groups is 3. The van der Waals surface area contributed by atoms with E-state index in [-0.39, 0.29) is 11.5 Å². The van der Waals surface area contributed by atoms with Gasteiger partial charge in [0.2, 0.25) is 11.7 Å². The zero-order chi connectivity index (χ0) is 23.2. The van der Waals surface area contributed by atoms with E-state index in [1.807, 2.05) is 72.8 Å². The van der Waals surface area contributed by atoms with Gasteiger partial charge in [0, 0.05) is 17.8 Å². The average Bonchev–Trinajstić information content (AvgIpc) is 3.22. The first-order chi connectivity index (χ1) is 16.0. The number of carbonyl (C=O) groups excluding carboxylic acids is 3. The number of amides is 1. The summed E-state index contributed by atoms with van der Waals surface area (Å²) in [6.45, 7) is 0.835. The third-order valence-corrected chi connectivity index (χ3v) is 5.02. The molecule has 0 aliphatic carbocycles. The monoisotopic (exact) mass is 438 g/mol. The minimum absolute atomic E-state index is 0.0382. The highest BCUT2D eigenvalue weighted by Crippen LogP contribution is 2.30. The van der Waals surface area contributed by atoms with Crippen LogP contribution in [0, 0.1) is 0 Å². The predicted octanol–water partition coefficient (Wildman–Crippen LogP) is 4.74. The van der Waals surface area contributed by atoms with Gasteiger partial charge in [-0.05, 0) is 23.3 Å². The maximum Gasteiger partial charge on any atom is 0.355 e. The van der Waals surface area contributed by atoms with Crippen molar-refractivity contribution in [3.8, 4) is 11.3 Å². The fraction of sp³-hybridized carbons (Fsp3) is 0.0741. The summed E-state index contributed by atoms with van der Waals surface area (Å²) < 4.78 is 5.32. The molecule has 1 heterocycles. The second-order valence-electron chi connectivity index (χ2n) is 7.44. The summed E-state index contributed by atoms with van der Waals surface area (Å²) in [6, 6.07) is 26.0. The van der Waals surface area contributed by atoms with Crippen LogP contribution in [0.5, 0.6) is 0 Å². The molecule has 3 aromatic carbocycles. The van der Waals surface area contributed by atoms with Crippen LogP contribution in [0.3, 0.4) is 0 Å². The summed E-state index contributed by atoms with van der Waals surface area (Å²) in [7, 11) is 0. The van der Waals surface area contributed by atoms with Crippen molar-refractivity contribution in [2.45, 2.75) is 6.92 Å². The van der Waals surface area contributed by atoms with Crippen molar-refractivity contribution in [1.82, 2.24) is 10.3 Å². The van der Waals surface area contributed by atoms with E-state index < -0.39 is 18.5 Å². The summed E-state index contributed by atoms with van der Waals surface area (Å²) in [5.74, 6) is -1.55. The van der Waals surface area contributed by atoms with Crippen molar-refractivity contribution in [2.24, 2.45) is 0 Å². The van der Waals surface area contributed by atoms with Gasteiger partial charge >= 0.3 is 5.97 Å². The number of benzene rings is 3. The Morgan fingerprint density at radius 3 is 2.21 bits per heavy atom. The molecule has 0 unspecified atom stereocenters. The van der Waals surface area contributed by atoms with Crippen LogP contribution in [-0.4, -0.2) is 29.3 Å². The van der Waals surface area contributed by atoms with Gasteiger partial charge in [-0.15, -0.1) is 0 Å². The SMILES string of the molecule is CC(=O)N/C(=C\c1ccccc1)C(=O)OCC(=O)c1c(-c2ccccc2)[nH]c2ccccc12. The number of para-hydroxylation sites is 1. The third kappa shape index (κ3) is 5.07. The standard InChI is InChI=1S/C27H22N2O4/c1-18(30)28-23(16-19-10-4-2-5-11-19)27(32)33-17-24(31)25-21-14-8-9-15-22(21)29-26(25)20-12-6-3-7-13-20/h2-16,29H,17H2,1H3,(H,28,30)/b23-16-. The maximum absolute atomic E-state index is 13.2. The van der Waals surface area contributed by atoms with Gasteiger partial charge < -0.3 is 15.0 Å². The summed E-state index contributed by atoms with van der Waals surface area (Å²) in [5.41, 5.74) is 3.47. The van der Waals surface area contributed by atoms with E-state index >= 15 is 0 Å². The molecule has 0 aliphatic heterocycles. The molecule has 0 saturated carbocycles. The Hall–Kier alpha value is -4.45. The van der Waals surface area contributed by atoms with E-state index in [9.17, 15) is 14.4 Å². The van der Waals surface area contributed by atoms with Gasteiger partial charge in [0.1, 0.15) is 5.70 Å². The highest BCUT2D eigenvalue weighted by molar-refractivity contribution is 6.14. The largest absolute Gasteiger partial charge is 0.453 e. The van der Waals surface area contributed by atoms with E-state index in [1.165, 1.54) is 13.0 Å². The molecule has 0 aliphatic rings. The molecule has 4 aromatic rings. The molecule has 0 radical (unpaired) electrons. The van der Waals surface area contributed by atoms with Crippen molar-refractivity contribution in [3.05, 3.63) is 102 Å². The fourth-order valence-electron chi connectivity index (χ4n) is 3.59. The number of esters is 1. The number of aromatic nitrogens is 1. The smallest absolute Gasteiger partial charge is 0.355 e. The Bertz CT molecular complexity index is 1340. The summed E-state index contributed by atoms with van der Waals surface area (Å²) in [5, 5.41) is 3.23. The molecule has 164 valence electrons. The molecular weight excluding hydrogens is 416 g/mol. The molecule has 4 rings (SSSR count). The average molecular weight is 438 g/mol. The van der Waals surface area contributed by atoms with Gasteiger partial charge in [-0.2, -0.15) is 0 Å². The van der Waals surface area contributed by atoms with Crippen molar-refractivity contribution in [2.75, 3.05) is 6.61 Å². The number of nitrogens with one attached hydrogen (secondary N) is 2. The Labute approximate surface area is 190 Å². The number of aromatic amines is 1. The molecule has 6 nitrogen and oxygen atoms in total. The van der Waals surface area contributed by atoms with Crippen LogP contribution in [0.4, 0.5) is 0 Å². The van der Waals surface area contributed by atoms with Gasteiger partial charge in [0.15, 0.2) is 6.61 Å². The second kappa shape index (κ2) is 9.78. The van der Waals surface area contributed by atoms with Crippen LogP contribution in [0.1, 0.15) is 22.8 Å². The van der Waals surface area contributed by atoms with E-state index in [2.05, 4.69) is 10.3 Å². The van der Waals surface area contributed by atoms with Crippen molar-refractivity contribution in [1.29, 1.82) is 0 Å². The van der Waals surface area contributed by atoms with Gasteiger partial charge in [-0.3, -0.25) is 9.59 Å². The highest BCUT2D eigenvalue weighted by Gasteiger charge is 2.22. The van der Waals surface area contributed by atoms with Crippen LogP contribution >= 0.6 is 0 Å². The van der Waals surface area contributed by atoms with Gasteiger partial charge in [0.05, 0.1) is 11.3 Å². The van der Waals surface area contributed by atoms with E-state index in [4.69, 9.17) is 4.74 Å². The highest BCUT2D eigenvalue weighted by atomic mass is 16.5. The van der Waals surface area contributed by atoms with Crippen LogP contribution < -0.4 is 5.32 Å². The predicted molar refractivity (Wildman–Crippen MR) is 127 cm³/mol. The van der Waals surface area contributed by atoms with Gasteiger partial charge in [-0.25, -0.2) is 4.79 Å². The molecule has 0 atom stereocenters. The minimum Gasteiger partial charge on any atom is -0.453 e. The van der Waals surface area contributed by atoms with Crippen molar-refractivity contribution < 1.29 is 19.1 Å². The lowest BCUT2D eigenvalue weighted by molar-refractivity contribution is -0.139. The van der Waals surface area contributed by atoms with Crippen molar-refractivity contribution >= 4 is 34.6 Å². The van der Waals surface area contributed by atoms with E-state index in [1.54, 1.807) is 12.1 Å². The van der Waals surface area contributed by atoms with Crippen molar-refractivity contribution in [3.63, 3.8) is 0 Å². The number of ketones is 1. The molecule has 6 heteroatoms. The zero-order valence-electron chi connectivity index (χ0n) is 18.0. The Morgan fingerprint density at radius 1 is 0.879 bits per heavy atom. The van der Waals surface area contributed by atoms with Gasteiger partial charge in [-0.1, -0.05) is 78.9 Å². The van der Waals surface area contributed by atoms with E-state index in [0.29, 0.717) is 16.8 Å². The molecule has 33 heavy (non-hydrogen) atoms. The summed E-state index contributed by atoms with van der Waals surface area (Å²) in [6.07, 6.45) is 1.51. The Morgan fingerprint density at radius 2 is 1.52 bits per heavy atom. The molecular formula is C27H22N2O4. The van der Waals surface area contributed by atoms with Crippen LogP contribution in [0.15, 0.2) is 90.6 Å². The lowest BCUT2D eigenvalue weighted by Gasteiger charge is -2.10. The molecule has 0 bridgehead atoms. The second-order valence-corrected chi connectivity index (χ2v) is 7.44. The molecule has 2 N–H and O–H groups in total. The number of fused-ring (bicyclic) bond motifs is 1. The first-order valence-electron chi connectivity index (χ1n) is 10.4. The minimum atomic E-state index is -0.788. The Balaban J connectivity index is 1.60. The lowest BCUT2D eigenvalue weighted by atomic mass is 10.0. The first kappa shape index (κ1) is 21.8. The molecule has 0 fully saturated rings. The number of hydrogen-bond acceptors (Lipinski definition) is 4. The van der Waals surface area contributed by atoms with E-state index in [0.717, 1.165) is 16.5 Å². The third-order valence-electron chi connectivity index (χ3n) is 5.02. The van der Waals surface area contributed by atoms with Gasteiger partial charge in [0.25, 0.3) is 0 Å². The Kier molecular flexibility index (Phi) is 6.45. The number of ether oxygens (including phenoxy) is 1. The fourth-order valence-corrected chi connectivity index (χ4v) is 3.59. The number of Topliss-reactive ketones (excluding diaryl/α,β-unsaturated/α-hetero) is 1. The zero-order valence-corrected chi connectivity index (χ0v) is 18.0. The lowest BCUT2D eigenvalue weighted by Crippen LogP contribution is -2.27.